The molecule has 12 heavy (non-hydrogen) atoms. The van der Waals surface area contributed by atoms with Crippen molar-refractivity contribution < 1.29 is 4.39 Å². The third-order valence-corrected chi connectivity index (χ3v) is 2.47. The summed E-state index contributed by atoms with van der Waals surface area (Å²) in [5.74, 6) is -0.207. The quantitative estimate of drug-likeness (QED) is 0.672. The molecule has 0 fully saturated rings. The zero-order valence-corrected chi connectivity index (χ0v) is 8.25. The lowest BCUT2D eigenvalue weighted by Crippen LogP contribution is -1.84. The number of hydrogen-bond acceptors (Lipinski definition) is 1. The van der Waals surface area contributed by atoms with Crippen molar-refractivity contribution in [2.75, 3.05) is 0 Å². The zero-order chi connectivity index (χ0) is 8.55. The average Bonchev–Trinajstić information content (AvgIpc) is 2.07. The fourth-order valence-electron chi connectivity index (χ4n) is 1.07. The lowest BCUT2D eigenvalue weighted by atomic mass is 10.2. The predicted octanol–water partition coefficient (Wildman–Crippen LogP) is 2.98. The Labute approximate surface area is 82.8 Å². The summed E-state index contributed by atoms with van der Waals surface area (Å²) >= 11 is 1.97. The highest BCUT2D eigenvalue weighted by molar-refractivity contribution is 14.1. The molecule has 0 amide bonds. The number of fused-ring (bicyclic) bond motifs is 1. The standard InChI is InChI=1S/C9H5FIN/c10-7-5-9-6(4-8(7)11)2-1-3-12-9/h1-5H. The minimum Gasteiger partial charge on any atom is -0.256 e. The molecule has 60 valence electrons. The molecule has 2 rings (SSSR count). The second kappa shape index (κ2) is 2.97. The molecule has 0 bridgehead atoms. The Kier molecular flexibility index (Phi) is 1.96. The van der Waals surface area contributed by atoms with Gasteiger partial charge < -0.3 is 0 Å². The number of aromatic nitrogens is 1. The second-order valence-corrected chi connectivity index (χ2v) is 3.62. The summed E-state index contributed by atoms with van der Waals surface area (Å²) in [5, 5.41) is 0.975. The first-order valence-electron chi connectivity index (χ1n) is 3.47. The molecule has 1 heterocycles. The van der Waals surface area contributed by atoms with Crippen molar-refractivity contribution in [3.63, 3.8) is 0 Å². The zero-order valence-electron chi connectivity index (χ0n) is 6.09. The van der Waals surface area contributed by atoms with Gasteiger partial charge in [0, 0.05) is 21.2 Å². The number of rotatable bonds is 0. The molecule has 0 saturated carbocycles. The van der Waals surface area contributed by atoms with Gasteiger partial charge in [0.2, 0.25) is 0 Å². The lowest BCUT2D eigenvalue weighted by Gasteiger charge is -1.97. The van der Waals surface area contributed by atoms with E-state index >= 15 is 0 Å². The summed E-state index contributed by atoms with van der Waals surface area (Å²) in [5.41, 5.74) is 0.704. The maximum Gasteiger partial charge on any atom is 0.138 e. The highest BCUT2D eigenvalue weighted by Crippen LogP contribution is 2.18. The van der Waals surface area contributed by atoms with Gasteiger partial charge in [0.1, 0.15) is 5.82 Å². The Balaban J connectivity index is 2.84. The van der Waals surface area contributed by atoms with Crippen LogP contribution < -0.4 is 0 Å². The monoisotopic (exact) mass is 273 g/mol. The highest BCUT2D eigenvalue weighted by atomic mass is 127. The molecule has 0 aliphatic carbocycles. The molecule has 1 aromatic heterocycles. The first kappa shape index (κ1) is 7.91. The maximum atomic E-state index is 13.0. The fraction of sp³-hybridized carbons (Fsp3) is 0. The van der Waals surface area contributed by atoms with E-state index in [2.05, 4.69) is 4.98 Å². The Hall–Kier alpha value is -0.710. The number of nitrogens with zero attached hydrogens (tertiary/aromatic N) is 1. The summed E-state index contributed by atoms with van der Waals surface area (Å²) in [6.45, 7) is 0. The smallest absolute Gasteiger partial charge is 0.138 e. The van der Waals surface area contributed by atoms with Gasteiger partial charge in [-0.05, 0) is 34.7 Å². The molecule has 0 N–H and O–H groups in total. The van der Waals surface area contributed by atoms with Gasteiger partial charge in [-0.3, -0.25) is 4.98 Å². The molecule has 0 unspecified atom stereocenters. The summed E-state index contributed by atoms with van der Waals surface area (Å²) in [6, 6.07) is 7.01. The SMILES string of the molecule is Fc1cc2ncccc2cc1I. The number of pyridine rings is 1. The van der Waals surface area contributed by atoms with Crippen molar-refractivity contribution in [2.45, 2.75) is 0 Å². The third kappa shape index (κ3) is 1.29. The maximum absolute atomic E-state index is 13.0. The first-order chi connectivity index (χ1) is 5.77. The van der Waals surface area contributed by atoms with E-state index in [9.17, 15) is 4.39 Å². The van der Waals surface area contributed by atoms with Gasteiger partial charge in [-0.2, -0.15) is 0 Å². The minimum absolute atomic E-state index is 0.207. The van der Waals surface area contributed by atoms with Crippen molar-refractivity contribution >= 4 is 33.5 Å². The van der Waals surface area contributed by atoms with E-state index in [0.717, 1.165) is 5.39 Å². The highest BCUT2D eigenvalue weighted by Gasteiger charge is 2.00. The fourth-order valence-corrected chi connectivity index (χ4v) is 1.56. The van der Waals surface area contributed by atoms with Crippen molar-refractivity contribution in [1.82, 2.24) is 4.98 Å². The van der Waals surface area contributed by atoms with Crippen LogP contribution in [0.1, 0.15) is 0 Å². The van der Waals surface area contributed by atoms with Crippen molar-refractivity contribution in [1.29, 1.82) is 0 Å². The number of halogens is 2. The van der Waals surface area contributed by atoms with Gasteiger partial charge in [0.15, 0.2) is 0 Å². The van der Waals surface area contributed by atoms with Crippen LogP contribution in [0.3, 0.4) is 0 Å². The summed E-state index contributed by atoms with van der Waals surface area (Å²) in [6.07, 6.45) is 1.66. The second-order valence-electron chi connectivity index (χ2n) is 2.46. The Morgan fingerprint density at radius 1 is 1.33 bits per heavy atom. The van der Waals surface area contributed by atoms with E-state index in [1.165, 1.54) is 6.07 Å². The number of hydrogen-bond donors (Lipinski definition) is 0. The summed E-state index contributed by atoms with van der Waals surface area (Å²) in [7, 11) is 0. The van der Waals surface area contributed by atoms with Gasteiger partial charge >= 0.3 is 0 Å². The molecule has 0 aliphatic heterocycles. The molecule has 0 spiro atoms. The third-order valence-electron chi connectivity index (χ3n) is 1.65. The lowest BCUT2D eigenvalue weighted by molar-refractivity contribution is 0.622. The van der Waals surface area contributed by atoms with Crippen molar-refractivity contribution in [2.24, 2.45) is 0 Å². The van der Waals surface area contributed by atoms with Crippen molar-refractivity contribution in [3.05, 3.63) is 39.8 Å². The van der Waals surface area contributed by atoms with Gasteiger partial charge in [0.25, 0.3) is 0 Å². The van der Waals surface area contributed by atoms with E-state index in [-0.39, 0.29) is 5.82 Å². The van der Waals surface area contributed by atoms with Crippen LogP contribution in [0.5, 0.6) is 0 Å². The van der Waals surface area contributed by atoms with Gasteiger partial charge in [0.05, 0.1) is 5.52 Å². The molecular weight excluding hydrogens is 268 g/mol. The van der Waals surface area contributed by atoms with Crippen LogP contribution in [0.15, 0.2) is 30.5 Å². The topological polar surface area (TPSA) is 12.9 Å². The van der Waals surface area contributed by atoms with Gasteiger partial charge in [-0.1, -0.05) is 6.07 Å². The molecule has 0 saturated heterocycles. The molecule has 0 atom stereocenters. The van der Waals surface area contributed by atoms with E-state index < -0.39 is 0 Å². The molecule has 1 nitrogen and oxygen atoms in total. The van der Waals surface area contributed by atoms with Crippen LogP contribution in [-0.4, -0.2) is 4.98 Å². The van der Waals surface area contributed by atoms with Crippen LogP contribution in [0.4, 0.5) is 4.39 Å². The molecule has 1 aromatic carbocycles. The van der Waals surface area contributed by atoms with E-state index in [4.69, 9.17) is 0 Å². The first-order valence-corrected chi connectivity index (χ1v) is 4.55. The van der Waals surface area contributed by atoms with E-state index in [1.807, 2.05) is 34.7 Å². The van der Waals surface area contributed by atoms with Crippen LogP contribution in [0, 0.1) is 9.39 Å². The summed E-state index contributed by atoms with van der Waals surface area (Å²) < 4.78 is 13.6. The molecule has 2 aromatic rings. The van der Waals surface area contributed by atoms with Crippen LogP contribution >= 0.6 is 22.6 Å². The largest absolute Gasteiger partial charge is 0.256 e. The summed E-state index contributed by atoms with van der Waals surface area (Å²) in [4.78, 5) is 4.04. The van der Waals surface area contributed by atoms with Gasteiger partial charge in [-0.15, -0.1) is 0 Å². The Morgan fingerprint density at radius 2 is 2.17 bits per heavy atom. The van der Waals surface area contributed by atoms with Crippen LogP contribution in [-0.2, 0) is 0 Å². The van der Waals surface area contributed by atoms with Crippen LogP contribution in [0.25, 0.3) is 10.9 Å². The Morgan fingerprint density at radius 3 is 3.00 bits per heavy atom. The predicted molar refractivity (Wildman–Crippen MR) is 54.4 cm³/mol. The molecule has 0 radical (unpaired) electrons. The minimum atomic E-state index is -0.207. The average molecular weight is 273 g/mol. The number of benzene rings is 1. The Bertz CT molecular complexity index is 387. The molecule has 3 heteroatoms. The van der Waals surface area contributed by atoms with Gasteiger partial charge in [-0.25, -0.2) is 4.39 Å². The van der Waals surface area contributed by atoms with E-state index in [1.54, 1.807) is 12.3 Å². The van der Waals surface area contributed by atoms with Crippen LogP contribution in [0.2, 0.25) is 0 Å². The van der Waals surface area contributed by atoms with Crippen molar-refractivity contribution in [3.8, 4) is 0 Å². The molecular formula is C9H5FIN. The normalized spacial score (nSPS) is 10.5. The molecule has 0 aliphatic rings. The van der Waals surface area contributed by atoms with E-state index in [0.29, 0.717) is 9.09 Å².